The van der Waals surface area contributed by atoms with E-state index < -0.39 is 0 Å². The second kappa shape index (κ2) is 5.58. The average Bonchev–Trinajstić information content (AvgIpc) is 2.40. The van der Waals surface area contributed by atoms with Gasteiger partial charge in [-0.15, -0.1) is 0 Å². The maximum Gasteiger partial charge on any atom is 0.321 e. The second-order valence-electron chi connectivity index (χ2n) is 6.92. The minimum Gasteiger partial charge on any atom is -0.421 e. The lowest BCUT2D eigenvalue weighted by molar-refractivity contribution is 0.590. The number of hydrogen-bond donors (Lipinski definition) is 0. The summed E-state index contributed by atoms with van der Waals surface area (Å²) in [6, 6.07) is 9.04. The molecule has 20 heavy (non-hydrogen) atoms. The van der Waals surface area contributed by atoms with E-state index in [2.05, 4.69) is 86.5 Å². The van der Waals surface area contributed by atoms with Gasteiger partial charge in [0, 0.05) is 5.69 Å². The van der Waals surface area contributed by atoms with Crippen LogP contribution in [0.2, 0.25) is 13.6 Å². The van der Waals surface area contributed by atoms with E-state index in [1.54, 1.807) is 0 Å². The lowest BCUT2D eigenvalue weighted by Crippen LogP contribution is -2.69. The van der Waals surface area contributed by atoms with E-state index in [9.17, 15) is 0 Å². The topological polar surface area (TPSA) is 9.72 Å². The van der Waals surface area contributed by atoms with Crippen molar-refractivity contribution in [3.8, 4) is 0 Å². The number of anilines is 1. The highest BCUT2D eigenvalue weighted by molar-refractivity contribution is 6.86. The van der Waals surface area contributed by atoms with Crippen LogP contribution in [0.4, 0.5) is 5.69 Å². The smallest absolute Gasteiger partial charge is 0.321 e. The molecule has 0 amide bonds. The van der Waals surface area contributed by atoms with E-state index in [1.165, 1.54) is 11.3 Å². The van der Waals surface area contributed by atoms with Crippen molar-refractivity contribution in [2.75, 3.05) is 18.6 Å². The second-order valence-corrected chi connectivity index (χ2v) is 8.52. The largest absolute Gasteiger partial charge is 0.421 e. The molecule has 107 valence electrons. The molecule has 0 spiro atoms. The fourth-order valence-corrected chi connectivity index (χ4v) is 4.09. The minimum absolute atomic E-state index is 0.141. The van der Waals surface area contributed by atoms with Gasteiger partial charge in [0.05, 0.1) is 0 Å². The molecule has 0 aromatic heterocycles. The van der Waals surface area contributed by atoms with E-state index in [-0.39, 0.29) is 15.3 Å². The van der Waals surface area contributed by atoms with Crippen molar-refractivity contribution in [2.45, 2.75) is 39.8 Å². The fraction of sp³-hybridized carbons (Fsp3) is 0.571. The molecular formula is C14H26B2N3Si. The SMILES string of the molecule is CB1N(C)[SiH]N(c2cccc(C(C)(C)C)c2)B(C)N1C. The summed E-state index contributed by atoms with van der Waals surface area (Å²) < 4.78 is 7.44. The Morgan fingerprint density at radius 1 is 1.05 bits per heavy atom. The van der Waals surface area contributed by atoms with Crippen molar-refractivity contribution >= 4 is 29.5 Å². The highest BCUT2D eigenvalue weighted by Crippen LogP contribution is 2.28. The number of nitrogens with zero attached hydrogens (tertiary/aromatic N) is 3. The van der Waals surface area contributed by atoms with Gasteiger partial charge >= 0.3 is 6.98 Å². The predicted octanol–water partition coefficient (Wildman–Crippen LogP) is 2.17. The highest BCUT2D eigenvalue weighted by atomic mass is 28.2. The van der Waals surface area contributed by atoms with Gasteiger partial charge in [-0.1, -0.05) is 46.6 Å². The van der Waals surface area contributed by atoms with Crippen molar-refractivity contribution in [3.05, 3.63) is 29.8 Å². The van der Waals surface area contributed by atoms with Gasteiger partial charge in [-0.05, 0) is 37.2 Å². The number of hydrogen-bond acceptors (Lipinski definition) is 3. The minimum atomic E-state index is 0.141. The summed E-state index contributed by atoms with van der Waals surface area (Å²) in [4.78, 5) is 0. The first-order valence-corrected chi connectivity index (χ1v) is 8.43. The van der Waals surface area contributed by atoms with Crippen LogP contribution in [0, 0.1) is 0 Å². The van der Waals surface area contributed by atoms with Gasteiger partial charge in [0.2, 0.25) is 9.84 Å². The summed E-state index contributed by atoms with van der Waals surface area (Å²) in [5, 5.41) is 0. The Kier molecular flexibility index (Phi) is 4.37. The normalized spacial score (nSPS) is 18.9. The maximum atomic E-state index is 2.55. The fourth-order valence-electron chi connectivity index (χ4n) is 2.60. The Labute approximate surface area is 127 Å². The monoisotopic (exact) mass is 286 g/mol. The van der Waals surface area contributed by atoms with Gasteiger partial charge in [0.1, 0.15) is 0 Å². The summed E-state index contributed by atoms with van der Waals surface area (Å²) in [7, 11) is 4.58. The molecule has 1 aromatic carbocycles. The first kappa shape index (κ1) is 15.7. The van der Waals surface area contributed by atoms with Crippen molar-refractivity contribution in [1.82, 2.24) is 9.20 Å². The molecule has 0 N–H and O–H groups in total. The van der Waals surface area contributed by atoms with Crippen LogP contribution < -0.4 is 4.48 Å². The number of benzene rings is 1. The lowest BCUT2D eigenvalue weighted by atomic mass is 9.62. The molecular weight excluding hydrogens is 260 g/mol. The Bertz CT molecular complexity index is 478. The van der Waals surface area contributed by atoms with Crippen molar-refractivity contribution < 1.29 is 0 Å². The Morgan fingerprint density at radius 3 is 2.30 bits per heavy atom. The molecule has 1 heterocycles. The zero-order valence-corrected chi connectivity index (χ0v) is 15.0. The van der Waals surface area contributed by atoms with Crippen molar-refractivity contribution in [2.24, 2.45) is 0 Å². The molecule has 2 rings (SSSR count). The van der Waals surface area contributed by atoms with Crippen LogP contribution in [0.25, 0.3) is 0 Å². The van der Waals surface area contributed by atoms with Crippen LogP contribution in [0.5, 0.6) is 0 Å². The first-order chi connectivity index (χ1) is 9.21. The summed E-state index contributed by atoms with van der Waals surface area (Å²) in [6.45, 7) is 12.4. The van der Waals surface area contributed by atoms with E-state index in [4.69, 9.17) is 0 Å². The summed E-state index contributed by atoms with van der Waals surface area (Å²) in [5.41, 5.74) is 2.96. The summed E-state index contributed by atoms with van der Waals surface area (Å²) in [6.07, 6.45) is 0. The lowest BCUT2D eigenvalue weighted by Gasteiger charge is -2.46. The first-order valence-electron chi connectivity index (χ1n) is 7.39. The average molecular weight is 286 g/mol. The van der Waals surface area contributed by atoms with Crippen molar-refractivity contribution in [3.63, 3.8) is 0 Å². The molecule has 6 heteroatoms. The van der Waals surface area contributed by atoms with Gasteiger partial charge in [-0.3, -0.25) is 0 Å². The van der Waals surface area contributed by atoms with Crippen LogP contribution in [0.1, 0.15) is 26.3 Å². The zero-order valence-electron chi connectivity index (χ0n) is 13.9. The van der Waals surface area contributed by atoms with Gasteiger partial charge in [-0.25, -0.2) is 0 Å². The quantitative estimate of drug-likeness (QED) is 0.733. The van der Waals surface area contributed by atoms with Crippen molar-refractivity contribution in [1.29, 1.82) is 0 Å². The third-order valence-electron chi connectivity index (χ3n) is 4.49. The molecule has 1 aromatic rings. The van der Waals surface area contributed by atoms with Gasteiger partial charge in [-0.2, -0.15) is 0 Å². The zero-order chi connectivity index (χ0) is 15.1. The predicted molar refractivity (Wildman–Crippen MR) is 93.5 cm³/mol. The molecule has 1 aliphatic heterocycles. The summed E-state index contributed by atoms with van der Waals surface area (Å²) in [5.74, 6) is 0. The van der Waals surface area contributed by atoms with Gasteiger partial charge in [0.25, 0.3) is 6.98 Å². The molecule has 1 saturated heterocycles. The van der Waals surface area contributed by atoms with E-state index in [1.807, 2.05) is 0 Å². The molecule has 0 unspecified atom stereocenters. The van der Waals surface area contributed by atoms with E-state index in [0.29, 0.717) is 14.0 Å². The van der Waals surface area contributed by atoms with Crippen LogP contribution in [-0.2, 0) is 5.41 Å². The molecule has 1 fully saturated rings. The standard InChI is InChI=1S/C14H26B2N3Si/c1-14(2,3)12-9-8-10-13(11-12)19-16(5)17(6)15(4)18(7)20-19/h8-11,20H,1-7H3. The maximum absolute atomic E-state index is 2.55. The van der Waals surface area contributed by atoms with Gasteiger partial charge in [0.15, 0.2) is 0 Å². The number of rotatable bonds is 1. The molecule has 0 saturated carbocycles. The molecule has 0 bridgehead atoms. The van der Waals surface area contributed by atoms with E-state index >= 15 is 0 Å². The molecule has 1 radical (unpaired) electrons. The Balaban J connectivity index is 2.31. The summed E-state index contributed by atoms with van der Waals surface area (Å²) >= 11 is 0. The van der Waals surface area contributed by atoms with Gasteiger partial charge < -0.3 is 13.7 Å². The molecule has 3 nitrogen and oxygen atoms in total. The third-order valence-corrected chi connectivity index (χ3v) is 6.26. The third kappa shape index (κ3) is 2.97. The Hall–Kier alpha value is -0.713. The van der Waals surface area contributed by atoms with Crippen LogP contribution in [-0.4, -0.2) is 47.1 Å². The van der Waals surface area contributed by atoms with E-state index in [0.717, 1.165) is 0 Å². The van der Waals surface area contributed by atoms with Crippen LogP contribution in [0.15, 0.2) is 24.3 Å². The highest BCUT2D eigenvalue weighted by Gasteiger charge is 2.37. The van der Waals surface area contributed by atoms with Crippen LogP contribution >= 0.6 is 0 Å². The van der Waals surface area contributed by atoms with Crippen LogP contribution in [0.3, 0.4) is 0 Å². The molecule has 0 atom stereocenters. The molecule has 0 aliphatic carbocycles. The Morgan fingerprint density at radius 2 is 1.70 bits per heavy atom. The molecule has 1 aliphatic rings.